The first-order valence-electron chi connectivity index (χ1n) is 9.10. The number of benzene rings is 1. The number of aryl methyl sites for hydroxylation is 1. The average molecular weight is 486 g/mol. The van der Waals surface area contributed by atoms with Gasteiger partial charge in [0.15, 0.2) is 5.76 Å². The maximum atomic E-state index is 12.4. The van der Waals surface area contributed by atoms with Crippen molar-refractivity contribution in [2.24, 2.45) is 0 Å². The fourth-order valence-corrected chi connectivity index (χ4v) is 3.27. The first-order valence-corrected chi connectivity index (χ1v) is 9.89. The summed E-state index contributed by atoms with van der Waals surface area (Å²) in [5, 5.41) is 21.6. The van der Waals surface area contributed by atoms with Crippen molar-refractivity contribution in [2.75, 3.05) is 5.32 Å². The van der Waals surface area contributed by atoms with Crippen molar-refractivity contribution in [1.82, 2.24) is 24.5 Å². The molecule has 12 heteroatoms. The van der Waals surface area contributed by atoms with Crippen LogP contribution in [0, 0.1) is 17.0 Å². The minimum absolute atomic E-state index is 0.0607. The molecule has 31 heavy (non-hydrogen) atoms. The topological polar surface area (TPSA) is 134 Å². The molecule has 1 N–H and O–H groups in total. The third-order valence-electron chi connectivity index (χ3n) is 4.30. The van der Waals surface area contributed by atoms with Crippen molar-refractivity contribution in [3.05, 3.63) is 86.2 Å². The number of furan rings is 1. The van der Waals surface area contributed by atoms with Crippen molar-refractivity contribution in [3.63, 3.8) is 0 Å². The van der Waals surface area contributed by atoms with Crippen molar-refractivity contribution in [1.29, 1.82) is 0 Å². The van der Waals surface area contributed by atoms with Gasteiger partial charge in [-0.05, 0) is 45.5 Å². The molecule has 3 heterocycles. The Balaban J connectivity index is 1.38. The number of hydrogen-bond donors (Lipinski definition) is 1. The van der Waals surface area contributed by atoms with E-state index < -0.39 is 10.8 Å². The van der Waals surface area contributed by atoms with E-state index in [9.17, 15) is 14.9 Å². The minimum Gasteiger partial charge on any atom is -0.454 e. The highest BCUT2D eigenvalue weighted by molar-refractivity contribution is 9.10. The highest BCUT2D eigenvalue weighted by Gasteiger charge is 2.20. The van der Waals surface area contributed by atoms with Gasteiger partial charge in [-0.25, -0.2) is 9.67 Å². The molecule has 11 nitrogen and oxygen atoms in total. The summed E-state index contributed by atoms with van der Waals surface area (Å²) in [6.07, 6.45) is 3.00. The maximum Gasteiger partial charge on any atom is 0.404 e. The number of carbonyl (C=O) groups is 1. The molecule has 3 aromatic heterocycles. The largest absolute Gasteiger partial charge is 0.454 e. The Morgan fingerprint density at radius 1 is 1.16 bits per heavy atom. The summed E-state index contributed by atoms with van der Waals surface area (Å²) >= 11 is 3.09. The molecule has 0 spiro atoms. The van der Waals surface area contributed by atoms with Gasteiger partial charge in [-0.2, -0.15) is 4.68 Å². The van der Waals surface area contributed by atoms with Crippen LogP contribution in [0.2, 0.25) is 0 Å². The zero-order valence-electron chi connectivity index (χ0n) is 16.2. The predicted molar refractivity (Wildman–Crippen MR) is 113 cm³/mol. The van der Waals surface area contributed by atoms with Gasteiger partial charge in [-0.1, -0.05) is 29.8 Å². The summed E-state index contributed by atoms with van der Waals surface area (Å²) in [4.78, 5) is 26.8. The average Bonchev–Trinajstić information content (AvgIpc) is 3.45. The molecule has 0 saturated heterocycles. The number of aromatic nitrogens is 5. The van der Waals surface area contributed by atoms with E-state index in [0.29, 0.717) is 12.3 Å². The molecule has 4 rings (SSSR count). The Labute approximate surface area is 184 Å². The molecular weight excluding hydrogens is 470 g/mol. The highest BCUT2D eigenvalue weighted by Crippen LogP contribution is 2.23. The lowest BCUT2D eigenvalue weighted by atomic mass is 10.1. The van der Waals surface area contributed by atoms with Gasteiger partial charge in [-0.15, -0.1) is 5.10 Å². The molecule has 0 aliphatic carbocycles. The number of nitrogens with zero attached hydrogens (tertiary/aromatic N) is 6. The van der Waals surface area contributed by atoms with Crippen LogP contribution in [0.5, 0.6) is 0 Å². The molecule has 0 radical (unpaired) electrons. The second kappa shape index (κ2) is 8.52. The Hall–Kier alpha value is -3.80. The molecule has 4 aromatic rings. The lowest BCUT2D eigenvalue weighted by molar-refractivity contribution is -0.390. The van der Waals surface area contributed by atoms with E-state index in [-0.39, 0.29) is 28.5 Å². The third kappa shape index (κ3) is 4.86. The number of rotatable bonds is 7. The third-order valence-corrected chi connectivity index (χ3v) is 4.86. The van der Waals surface area contributed by atoms with Gasteiger partial charge >= 0.3 is 5.82 Å². The van der Waals surface area contributed by atoms with Crippen molar-refractivity contribution >= 4 is 33.6 Å². The molecule has 1 amide bonds. The Morgan fingerprint density at radius 3 is 2.65 bits per heavy atom. The zero-order valence-corrected chi connectivity index (χ0v) is 17.8. The number of nitrogens with one attached hydrogen (secondary N) is 1. The Bertz CT molecular complexity index is 1240. The van der Waals surface area contributed by atoms with Gasteiger partial charge < -0.3 is 14.5 Å². The van der Waals surface area contributed by atoms with Crippen LogP contribution in [-0.4, -0.2) is 35.4 Å². The van der Waals surface area contributed by atoms with Crippen molar-refractivity contribution in [3.8, 4) is 0 Å². The van der Waals surface area contributed by atoms with Gasteiger partial charge in [0.05, 0.1) is 17.8 Å². The monoisotopic (exact) mass is 485 g/mol. The number of hydrogen-bond acceptors (Lipinski definition) is 7. The molecule has 0 aliphatic heterocycles. The summed E-state index contributed by atoms with van der Waals surface area (Å²) in [6.45, 7) is 2.67. The van der Waals surface area contributed by atoms with Crippen LogP contribution in [0.4, 0.5) is 11.8 Å². The second-order valence-electron chi connectivity index (χ2n) is 6.73. The molecule has 1 aromatic carbocycles. The molecular formula is C19H16BrN7O4. The predicted octanol–water partition coefficient (Wildman–Crippen LogP) is 3.40. The number of carbonyl (C=O) groups excluding carboxylic acids is 1. The van der Waals surface area contributed by atoms with Crippen LogP contribution in [0.1, 0.15) is 27.4 Å². The van der Waals surface area contributed by atoms with E-state index in [4.69, 9.17) is 4.42 Å². The molecule has 158 valence electrons. The van der Waals surface area contributed by atoms with Crippen molar-refractivity contribution in [2.45, 2.75) is 20.0 Å². The van der Waals surface area contributed by atoms with Gasteiger partial charge in [0.1, 0.15) is 23.1 Å². The summed E-state index contributed by atoms with van der Waals surface area (Å²) in [5.74, 6) is -0.177. The van der Waals surface area contributed by atoms with Crippen LogP contribution in [0.3, 0.4) is 0 Å². The van der Waals surface area contributed by atoms with Gasteiger partial charge in [0.25, 0.3) is 5.91 Å². The van der Waals surface area contributed by atoms with Crippen LogP contribution in [-0.2, 0) is 13.1 Å². The molecule has 0 atom stereocenters. The Kier molecular flexibility index (Phi) is 5.62. The molecule has 0 unspecified atom stereocenters. The van der Waals surface area contributed by atoms with E-state index in [0.717, 1.165) is 5.56 Å². The number of anilines is 1. The minimum atomic E-state index is -0.591. The van der Waals surface area contributed by atoms with E-state index >= 15 is 0 Å². The number of amides is 1. The van der Waals surface area contributed by atoms with Gasteiger partial charge in [0.2, 0.25) is 5.95 Å². The van der Waals surface area contributed by atoms with Gasteiger partial charge in [-0.3, -0.25) is 10.1 Å². The standard InChI is InChI=1S/C19H16BrN7O4/c1-12-2-4-13(5-3-12)8-26-11-21-19(24-26)22-18(28)16-7-6-14(31-16)9-25-10-15(20)17(23-25)27(29)30/h2-7,10-11H,8-9H2,1H3,(H,22,24,28). The van der Waals surface area contributed by atoms with Crippen LogP contribution >= 0.6 is 15.9 Å². The lowest BCUT2D eigenvalue weighted by Crippen LogP contribution is -2.12. The maximum absolute atomic E-state index is 12.4. The summed E-state index contributed by atoms with van der Waals surface area (Å²) in [6, 6.07) is 11.1. The molecule has 0 aliphatic rings. The van der Waals surface area contributed by atoms with Crippen molar-refractivity contribution < 1.29 is 14.1 Å². The van der Waals surface area contributed by atoms with E-state index in [1.165, 1.54) is 28.8 Å². The van der Waals surface area contributed by atoms with Crippen LogP contribution < -0.4 is 5.32 Å². The zero-order chi connectivity index (χ0) is 22.0. The van der Waals surface area contributed by atoms with E-state index in [1.807, 2.05) is 31.2 Å². The fraction of sp³-hybridized carbons (Fsp3) is 0.158. The van der Waals surface area contributed by atoms with E-state index in [2.05, 4.69) is 36.4 Å². The summed E-state index contributed by atoms with van der Waals surface area (Å²) in [7, 11) is 0. The highest BCUT2D eigenvalue weighted by atomic mass is 79.9. The first-order chi connectivity index (χ1) is 14.9. The SMILES string of the molecule is Cc1ccc(Cn2cnc(NC(=O)c3ccc(Cn4cc(Br)c([N+](=O)[O-])n4)o3)n2)cc1. The molecule has 0 saturated carbocycles. The van der Waals surface area contributed by atoms with Gasteiger partial charge in [0, 0.05) is 0 Å². The van der Waals surface area contributed by atoms with Crippen LogP contribution in [0.25, 0.3) is 0 Å². The quantitative estimate of drug-likeness (QED) is 0.313. The Morgan fingerprint density at radius 2 is 1.94 bits per heavy atom. The lowest BCUT2D eigenvalue weighted by Gasteiger charge is -2.01. The number of halogens is 1. The second-order valence-corrected chi connectivity index (χ2v) is 7.58. The fourth-order valence-electron chi connectivity index (χ4n) is 2.81. The molecule has 0 bridgehead atoms. The summed E-state index contributed by atoms with van der Waals surface area (Å²) in [5.41, 5.74) is 2.24. The van der Waals surface area contributed by atoms with Crippen LogP contribution in [0.15, 0.2) is 57.8 Å². The first kappa shape index (κ1) is 20.5. The number of nitro groups is 1. The smallest absolute Gasteiger partial charge is 0.404 e. The molecule has 0 fully saturated rings. The normalized spacial score (nSPS) is 10.9. The van der Waals surface area contributed by atoms with E-state index in [1.54, 1.807) is 10.7 Å². The summed E-state index contributed by atoms with van der Waals surface area (Å²) < 4.78 is 8.75.